The van der Waals surface area contributed by atoms with Crippen molar-refractivity contribution in [2.24, 2.45) is 5.16 Å². The van der Waals surface area contributed by atoms with E-state index in [4.69, 9.17) is 21.2 Å². The molecule has 1 aliphatic heterocycles. The molecule has 5 nitrogen and oxygen atoms in total. The molecule has 0 fully saturated rings. The molecule has 2 atom stereocenters. The Kier molecular flexibility index (Phi) is 7.24. The molecule has 0 bridgehead atoms. The van der Waals surface area contributed by atoms with Gasteiger partial charge in [0.1, 0.15) is 6.10 Å². The van der Waals surface area contributed by atoms with E-state index in [0.29, 0.717) is 31.3 Å². The van der Waals surface area contributed by atoms with Crippen LogP contribution in [0.5, 0.6) is 0 Å². The van der Waals surface area contributed by atoms with Gasteiger partial charge < -0.3 is 14.7 Å². The first-order valence-corrected chi connectivity index (χ1v) is 9.45. The van der Waals surface area contributed by atoms with Crippen molar-refractivity contribution < 1.29 is 14.7 Å². The second-order valence-electron chi connectivity index (χ2n) is 6.85. The number of hydrogen-bond acceptors (Lipinski definition) is 5. The summed E-state index contributed by atoms with van der Waals surface area (Å²) in [5.74, 6) is 0. The molecule has 2 unspecified atom stereocenters. The molecule has 0 spiro atoms. The van der Waals surface area contributed by atoms with E-state index in [1.54, 1.807) is 0 Å². The Morgan fingerprint density at radius 1 is 1.22 bits per heavy atom. The highest BCUT2D eigenvalue weighted by Crippen LogP contribution is 2.19. The summed E-state index contributed by atoms with van der Waals surface area (Å²) in [5, 5.41) is 15.1. The number of halogens is 1. The Labute approximate surface area is 165 Å². The predicted octanol–water partition coefficient (Wildman–Crippen LogP) is 3.34. The van der Waals surface area contributed by atoms with Crippen LogP contribution in [0.3, 0.4) is 0 Å². The van der Waals surface area contributed by atoms with Gasteiger partial charge in [-0.05, 0) is 30.3 Å². The average molecular weight is 389 g/mol. The van der Waals surface area contributed by atoms with Gasteiger partial charge in [0, 0.05) is 24.5 Å². The quantitative estimate of drug-likeness (QED) is 0.715. The SMILES string of the molecule is CN(CC(O)COCc1ccccc1)CC1CC(c2ccc(Cl)cc2)=NO1. The lowest BCUT2D eigenvalue weighted by Crippen LogP contribution is -2.37. The Balaban J connectivity index is 1.35. The van der Waals surface area contributed by atoms with Gasteiger partial charge in [-0.3, -0.25) is 4.90 Å². The average Bonchev–Trinajstić information content (AvgIpc) is 3.11. The third-order valence-electron chi connectivity index (χ3n) is 4.37. The van der Waals surface area contributed by atoms with Crippen LogP contribution in [0.4, 0.5) is 0 Å². The Morgan fingerprint density at radius 2 is 1.96 bits per heavy atom. The first-order valence-electron chi connectivity index (χ1n) is 9.07. The summed E-state index contributed by atoms with van der Waals surface area (Å²) in [5.41, 5.74) is 3.06. The first kappa shape index (κ1) is 19.8. The fourth-order valence-electron chi connectivity index (χ4n) is 3.06. The van der Waals surface area contributed by atoms with Crippen LogP contribution in [-0.2, 0) is 16.2 Å². The maximum absolute atomic E-state index is 10.2. The molecule has 3 rings (SSSR count). The van der Waals surface area contributed by atoms with Gasteiger partial charge in [-0.25, -0.2) is 0 Å². The highest BCUT2D eigenvalue weighted by molar-refractivity contribution is 6.30. The molecule has 1 N–H and O–H groups in total. The van der Waals surface area contributed by atoms with E-state index in [2.05, 4.69) is 5.16 Å². The fraction of sp³-hybridized carbons (Fsp3) is 0.381. The number of oxime groups is 1. The van der Waals surface area contributed by atoms with Gasteiger partial charge in [-0.1, -0.05) is 59.2 Å². The minimum absolute atomic E-state index is 0.0156. The van der Waals surface area contributed by atoms with Crippen molar-refractivity contribution in [2.45, 2.75) is 25.2 Å². The lowest BCUT2D eigenvalue weighted by Gasteiger charge is -2.22. The summed E-state index contributed by atoms with van der Waals surface area (Å²) in [6, 6.07) is 17.5. The van der Waals surface area contributed by atoms with Gasteiger partial charge in [0.25, 0.3) is 0 Å². The molecule has 0 aliphatic carbocycles. The number of hydrogen-bond donors (Lipinski definition) is 1. The van der Waals surface area contributed by atoms with Gasteiger partial charge >= 0.3 is 0 Å². The molecular formula is C21H25ClN2O3. The number of aliphatic hydroxyl groups excluding tert-OH is 1. The molecule has 0 radical (unpaired) electrons. The molecule has 1 aliphatic rings. The van der Waals surface area contributed by atoms with Crippen LogP contribution in [0.2, 0.25) is 5.02 Å². The normalized spacial score (nSPS) is 17.6. The van der Waals surface area contributed by atoms with Crippen molar-refractivity contribution in [3.8, 4) is 0 Å². The molecule has 2 aromatic rings. The van der Waals surface area contributed by atoms with Crippen molar-refractivity contribution in [3.05, 3.63) is 70.7 Å². The number of ether oxygens (including phenoxy) is 1. The summed E-state index contributed by atoms with van der Waals surface area (Å²) in [6.45, 7) is 2.02. The minimum Gasteiger partial charge on any atom is -0.390 e. The van der Waals surface area contributed by atoms with Crippen LogP contribution in [0.25, 0.3) is 0 Å². The molecule has 144 valence electrons. The van der Waals surface area contributed by atoms with Gasteiger partial charge in [-0.2, -0.15) is 0 Å². The summed E-state index contributed by atoms with van der Waals surface area (Å²) in [4.78, 5) is 7.59. The van der Waals surface area contributed by atoms with Crippen molar-refractivity contribution in [1.29, 1.82) is 0 Å². The maximum Gasteiger partial charge on any atom is 0.145 e. The zero-order chi connectivity index (χ0) is 19.1. The Bertz CT molecular complexity index is 737. The van der Waals surface area contributed by atoms with Crippen LogP contribution in [0.1, 0.15) is 17.5 Å². The van der Waals surface area contributed by atoms with Gasteiger partial charge in [0.2, 0.25) is 0 Å². The maximum atomic E-state index is 10.2. The first-order chi connectivity index (χ1) is 13.1. The van der Waals surface area contributed by atoms with Crippen LogP contribution in [-0.4, -0.2) is 54.7 Å². The third-order valence-corrected chi connectivity index (χ3v) is 4.62. The third kappa shape index (κ3) is 6.33. The van der Waals surface area contributed by atoms with E-state index in [1.165, 1.54) is 0 Å². The lowest BCUT2D eigenvalue weighted by molar-refractivity contribution is 0.00150. The van der Waals surface area contributed by atoms with E-state index in [-0.39, 0.29) is 6.10 Å². The summed E-state index contributed by atoms with van der Waals surface area (Å²) in [7, 11) is 1.96. The monoisotopic (exact) mass is 388 g/mol. The molecule has 0 aromatic heterocycles. The van der Waals surface area contributed by atoms with Crippen molar-refractivity contribution in [2.75, 3.05) is 26.7 Å². The molecule has 0 amide bonds. The zero-order valence-electron chi connectivity index (χ0n) is 15.4. The molecule has 2 aromatic carbocycles. The number of nitrogens with zero attached hydrogens (tertiary/aromatic N) is 2. The van der Waals surface area contributed by atoms with Crippen molar-refractivity contribution in [3.63, 3.8) is 0 Å². The second kappa shape index (κ2) is 9.85. The second-order valence-corrected chi connectivity index (χ2v) is 7.29. The number of aliphatic hydroxyl groups is 1. The van der Waals surface area contributed by atoms with E-state index >= 15 is 0 Å². The van der Waals surface area contributed by atoms with Gasteiger partial charge in [0.05, 0.1) is 25.0 Å². The minimum atomic E-state index is -0.545. The lowest BCUT2D eigenvalue weighted by atomic mass is 10.0. The van der Waals surface area contributed by atoms with E-state index < -0.39 is 6.10 Å². The largest absolute Gasteiger partial charge is 0.390 e. The summed E-state index contributed by atoms with van der Waals surface area (Å²) in [6.07, 6.45) is 0.182. The Hall–Kier alpha value is -1.92. The van der Waals surface area contributed by atoms with Crippen LogP contribution >= 0.6 is 11.6 Å². The molecule has 0 saturated heterocycles. The highest BCUT2D eigenvalue weighted by atomic mass is 35.5. The Morgan fingerprint density at radius 3 is 2.70 bits per heavy atom. The van der Waals surface area contributed by atoms with E-state index in [1.807, 2.05) is 66.5 Å². The van der Waals surface area contributed by atoms with Crippen LogP contribution in [0.15, 0.2) is 59.8 Å². The molecule has 6 heteroatoms. The molecule has 27 heavy (non-hydrogen) atoms. The zero-order valence-corrected chi connectivity index (χ0v) is 16.2. The number of rotatable bonds is 9. The van der Waals surface area contributed by atoms with Gasteiger partial charge in [0.15, 0.2) is 0 Å². The predicted molar refractivity (Wildman–Crippen MR) is 107 cm³/mol. The van der Waals surface area contributed by atoms with Crippen LogP contribution in [0, 0.1) is 0 Å². The number of benzene rings is 2. The number of likely N-dealkylation sites (N-methyl/N-ethyl adjacent to an activating group) is 1. The highest BCUT2D eigenvalue weighted by Gasteiger charge is 2.24. The standard InChI is InChI=1S/C21H25ClN2O3/c1-24(12-19(25)15-26-14-16-5-3-2-4-6-16)13-20-11-21(23-27-20)17-7-9-18(22)10-8-17/h2-10,19-20,25H,11-15H2,1H3. The van der Waals surface area contributed by atoms with E-state index in [9.17, 15) is 5.11 Å². The molecule has 0 saturated carbocycles. The summed E-state index contributed by atoms with van der Waals surface area (Å²) < 4.78 is 5.60. The fourth-order valence-corrected chi connectivity index (χ4v) is 3.19. The topological polar surface area (TPSA) is 54.3 Å². The van der Waals surface area contributed by atoms with Gasteiger partial charge in [-0.15, -0.1) is 0 Å². The van der Waals surface area contributed by atoms with Crippen LogP contribution < -0.4 is 0 Å². The van der Waals surface area contributed by atoms with Crippen molar-refractivity contribution in [1.82, 2.24) is 4.90 Å². The molecular weight excluding hydrogens is 364 g/mol. The smallest absolute Gasteiger partial charge is 0.145 e. The van der Waals surface area contributed by atoms with Crippen molar-refractivity contribution >= 4 is 17.3 Å². The van der Waals surface area contributed by atoms with E-state index in [0.717, 1.165) is 23.3 Å². The summed E-state index contributed by atoms with van der Waals surface area (Å²) >= 11 is 5.92. The molecule has 1 heterocycles.